The molecule has 21 heavy (non-hydrogen) atoms. The molecule has 118 valence electrons. The molecule has 2 nitrogen and oxygen atoms in total. The first-order chi connectivity index (χ1) is 9.91. The molecular weight excluding hydrogens is 263 g/mol. The third-order valence-corrected chi connectivity index (χ3v) is 4.82. The summed E-state index contributed by atoms with van der Waals surface area (Å²) in [4.78, 5) is 2.39. The van der Waals surface area contributed by atoms with Crippen LogP contribution in [0, 0.1) is 17.2 Å². The lowest BCUT2D eigenvalue weighted by Gasteiger charge is -2.29. The van der Waals surface area contributed by atoms with Gasteiger partial charge in [-0.15, -0.1) is 0 Å². The van der Waals surface area contributed by atoms with E-state index in [9.17, 15) is 4.39 Å². The second-order valence-corrected chi connectivity index (χ2v) is 7.36. The Hall–Kier alpha value is -0.930. The molecule has 0 bridgehead atoms. The first kappa shape index (κ1) is 16.4. The van der Waals surface area contributed by atoms with E-state index in [1.807, 2.05) is 12.1 Å². The van der Waals surface area contributed by atoms with Gasteiger partial charge in [-0.1, -0.05) is 39.0 Å². The number of rotatable bonds is 3. The summed E-state index contributed by atoms with van der Waals surface area (Å²) in [6.07, 6.45) is 3.70. The van der Waals surface area contributed by atoms with Crippen LogP contribution in [0.3, 0.4) is 0 Å². The summed E-state index contributed by atoms with van der Waals surface area (Å²) in [5.41, 5.74) is 7.37. The number of benzene rings is 1. The van der Waals surface area contributed by atoms with Crippen molar-refractivity contribution in [3.63, 3.8) is 0 Å². The summed E-state index contributed by atoms with van der Waals surface area (Å²) in [6.45, 7) is 10.1. The quantitative estimate of drug-likeness (QED) is 0.914. The molecule has 2 N–H and O–H groups in total. The lowest BCUT2D eigenvalue weighted by molar-refractivity contribution is 0.206. The Morgan fingerprint density at radius 2 is 1.90 bits per heavy atom. The zero-order chi connectivity index (χ0) is 15.5. The van der Waals surface area contributed by atoms with Gasteiger partial charge in [0.1, 0.15) is 5.82 Å². The molecule has 1 saturated heterocycles. The Balaban J connectivity index is 2.01. The van der Waals surface area contributed by atoms with Crippen LogP contribution in [0.1, 0.15) is 51.2 Å². The topological polar surface area (TPSA) is 29.3 Å². The van der Waals surface area contributed by atoms with Crippen LogP contribution in [-0.4, -0.2) is 18.0 Å². The number of likely N-dealkylation sites (tertiary alicyclic amines) is 1. The summed E-state index contributed by atoms with van der Waals surface area (Å²) in [5.74, 6) is 0.652. The zero-order valence-corrected chi connectivity index (χ0v) is 13.7. The Labute approximate surface area is 128 Å². The van der Waals surface area contributed by atoms with Gasteiger partial charge < -0.3 is 5.73 Å². The molecule has 1 aliphatic heterocycles. The van der Waals surface area contributed by atoms with Crippen molar-refractivity contribution in [1.29, 1.82) is 0 Å². The van der Waals surface area contributed by atoms with Crippen LogP contribution in [0.5, 0.6) is 0 Å². The fourth-order valence-corrected chi connectivity index (χ4v) is 3.33. The molecule has 3 heteroatoms. The summed E-state index contributed by atoms with van der Waals surface area (Å²) in [5, 5.41) is 0. The Bertz CT molecular complexity index is 465. The Morgan fingerprint density at radius 3 is 2.57 bits per heavy atom. The van der Waals surface area contributed by atoms with Crippen LogP contribution in [0.25, 0.3) is 0 Å². The van der Waals surface area contributed by atoms with Crippen LogP contribution in [0.2, 0.25) is 0 Å². The molecule has 0 saturated carbocycles. The number of nitrogens with two attached hydrogens (primary N) is 1. The molecule has 1 aliphatic rings. The van der Waals surface area contributed by atoms with Crippen LogP contribution >= 0.6 is 0 Å². The minimum absolute atomic E-state index is 0.114. The molecular formula is C18H29FN2. The van der Waals surface area contributed by atoms with Crippen molar-refractivity contribution in [3.8, 4) is 0 Å². The van der Waals surface area contributed by atoms with Crippen molar-refractivity contribution in [2.75, 3.05) is 13.1 Å². The van der Waals surface area contributed by atoms with Gasteiger partial charge in [0.25, 0.3) is 0 Å². The third kappa shape index (κ3) is 4.27. The van der Waals surface area contributed by atoms with Gasteiger partial charge in [-0.25, -0.2) is 4.39 Å². The first-order valence-corrected chi connectivity index (χ1v) is 8.10. The predicted molar refractivity (Wildman–Crippen MR) is 86.4 cm³/mol. The molecule has 0 amide bonds. The van der Waals surface area contributed by atoms with E-state index in [0.29, 0.717) is 17.5 Å². The lowest BCUT2D eigenvalue weighted by atomic mass is 9.77. The highest BCUT2D eigenvalue weighted by atomic mass is 19.1. The number of hydrogen-bond acceptors (Lipinski definition) is 2. The van der Waals surface area contributed by atoms with Crippen molar-refractivity contribution in [3.05, 3.63) is 35.1 Å². The van der Waals surface area contributed by atoms with Gasteiger partial charge >= 0.3 is 0 Å². The molecule has 1 atom stereocenters. The van der Waals surface area contributed by atoms with Gasteiger partial charge in [0.05, 0.1) is 0 Å². The molecule has 1 fully saturated rings. The molecule has 0 aromatic heterocycles. The van der Waals surface area contributed by atoms with Gasteiger partial charge in [-0.05, 0) is 43.7 Å². The number of halogens is 1. The van der Waals surface area contributed by atoms with Gasteiger partial charge in [-0.3, -0.25) is 4.90 Å². The highest BCUT2D eigenvalue weighted by Crippen LogP contribution is 2.34. The van der Waals surface area contributed by atoms with Crippen molar-refractivity contribution in [2.45, 2.75) is 53.1 Å². The Kier molecular flexibility index (Phi) is 5.39. The molecule has 0 radical (unpaired) electrons. The van der Waals surface area contributed by atoms with E-state index in [1.165, 1.54) is 19.3 Å². The SMILES string of the molecule is CC(C)(C)C1CCCN(Cc2cccc(CN)c2F)CC1. The second-order valence-electron chi connectivity index (χ2n) is 7.36. The van der Waals surface area contributed by atoms with E-state index in [4.69, 9.17) is 5.73 Å². The summed E-state index contributed by atoms with van der Waals surface area (Å²) in [7, 11) is 0. The van der Waals surface area contributed by atoms with Crippen LogP contribution < -0.4 is 5.73 Å². The average Bonchev–Trinajstić information content (AvgIpc) is 2.66. The lowest BCUT2D eigenvalue weighted by Crippen LogP contribution is -2.26. The van der Waals surface area contributed by atoms with Crippen LogP contribution in [-0.2, 0) is 13.1 Å². The summed E-state index contributed by atoms with van der Waals surface area (Å²) >= 11 is 0. The molecule has 1 unspecified atom stereocenters. The molecule has 0 spiro atoms. The van der Waals surface area contributed by atoms with E-state index in [1.54, 1.807) is 6.07 Å². The molecule has 2 rings (SSSR count). The van der Waals surface area contributed by atoms with Crippen LogP contribution in [0.15, 0.2) is 18.2 Å². The van der Waals surface area contributed by atoms with E-state index >= 15 is 0 Å². The number of nitrogens with zero attached hydrogens (tertiary/aromatic N) is 1. The minimum atomic E-state index is -0.114. The van der Waals surface area contributed by atoms with E-state index in [2.05, 4.69) is 25.7 Å². The molecule has 1 heterocycles. The first-order valence-electron chi connectivity index (χ1n) is 8.10. The molecule has 1 aromatic rings. The van der Waals surface area contributed by atoms with E-state index in [-0.39, 0.29) is 12.4 Å². The minimum Gasteiger partial charge on any atom is -0.326 e. The average molecular weight is 292 g/mol. The molecule has 0 aliphatic carbocycles. The predicted octanol–water partition coefficient (Wildman–Crippen LogP) is 3.93. The molecule has 1 aromatic carbocycles. The largest absolute Gasteiger partial charge is 0.326 e. The highest BCUT2D eigenvalue weighted by molar-refractivity contribution is 5.25. The smallest absolute Gasteiger partial charge is 0.132 e. The Morgan fingerprint density at radius 1 is 1.19 bits per heavy atom. The van der Waals surface area contributed by atoms with E-state index in [0.717, 1.165) is 24.6 Å². The number of hydrogen-bond donors (Lipinski definition) is 1. The van der Waals surface area contributed by atoms with E-state index < -0.39 is 0 Å². The summed E-state index contributed by atoms with van der Waals surface area (Å²) < 4.78 is 14.3. The standard InChI is InChI=1S/C18H29FN2/c1-18(2,3)16-8-5-10-21(11-9-16)13-15-7-4-6-14(12-20)17(15)19/h4,6-7,16H,5,8-13,20H2,1-3H3. The highest BCUT2D eigenvalue weighted by Gasteiger charge is 2.27. The maximum atomic E-state index is 14.3. The van der Waals surface area contributed by atoms with Gasteiger partial charge in [-0.2, -0.15) is 0 Å². The van der Waals surface area contributed by atoms with Crippen molar-refractivity contribution in [1.82, 2.24) is 4.90 Å². The van der Waals surface area contributed by atoms with Crippen molar-refractivity contribution >= 4 is 0 Å². The monoisotopic (exact) mass is 292 g/mol. The van der Waals surface area contributed by atoms with Crippen molar-refractivity contribution < 1.29 is 4.39 Å². The van der Waals surface area contributed by atoms with Gasteiger partial charge in [0.2, 0.25) is 0 Å². The maximum Gasteiger partial charge on any atom is 0.132 e. The fourth-order valence-electron chi connectivity index (χ4n) is 3.33. The zero-order valence-electron chi connectivity index (χ0n) is 13.7. The fraction of sp³-hybridized carbons (Fsp3) is 0.667. The second kappa shape index (κ2) is 6.89. The summed E-state index contributed by atoms with van der Waals surface area (Å²) in [6, 6.07) is 5.58. The van der Waals surface area contributed by atoms with Crippen molar-refractivity contribution in [2.24, 2.45) is 17.1 Å². The normalized spacial score (nSPS) is 21.3. The van der Waals surface area contributed by atoms with Gasteiger partial charge in [0.15, 0.2) is 0 Å². The maximum absolute atomic E-state index is 14.3. The van der Waals surface area contributed by atoms with Gasteiger partial charge in [0, 0.05) is 24.2 Å². The van der Waals surface area contributed by atoms with Crippen LogP contribution in [0.4, 0.5) is 4.39 Å². The third-order valence-electron chi connectivity index (χ3n) is 4.82.